The minimum Gasteiger partial charge on any atom is -0.354 e. The molecule has 0 aliphatic carbocycles. The van der Waals surface area contributed by atoms with E-state index in [-0.39, 0.29) is 23.3 Å². The fraction of sp³-hybridized carbons (Fsp3) is 0.391. The second kappa shape index (κ2) is 9.00. The van der Waals surface area contributed by atoms with Crippen molar-refractivity contribution >= 4 is 27.5 Å². The van der Waals surface area contributed by atoms with Crippen molar-refractivity contribution in [2.75, 3.05) is 5.32 Å². The quantitative estimate of drug-likeness (QED) is 0.663. The highest BCUT2D eigenvalue weighted by molar-refractivity contribution is 7.90. The first kappa shape index (κ1) is 22.0. The van der Waals surface area contributed by atoms with Crippen LogP contribution in [0.15, 0.2) is 63.9 Å². The van der Waals surface area contributed by atoms with Gasteiger partial charge in [-0.3, -0.25) is 4.79 Å². The summed E-state index contributed by atoms with van der Waals surface area (Å²) < 4.78 is 28.8. The third-order valence-corrected chi connectivity index (χ3v) is 6.45. The highest BCUT2D eigenvalue weighted by Gasteiger charge is 2.30. The summed E-state index contributed by atoms with van der Waals surface area (Å²) in [5.74, 6) is 0.323. The molecule has 7 heteroatoms. The monoisotopic (exact) mass is 427 g/mol. The van der Waals surface area contributed by atoms with E-state index in [0.29, 0.717) is 17.9 Å². The van der Waals surface area contributed by atoms with Gasteiger partial charge in [0.05, 0.1) is 5.69 Å². The summed E-state index contributed by atoms with van der Waals surface area (Å²) in [6.07, 6.45) is 2.40. The predicted molar refractivity (Wildman–Crippen MR) is 120 cm³/mol. The molecule has 2 aromatic carbocycles. The maximum atomic E-state index is 12.6. The van der Waals surface area contributed by atoms with Crippen molar-refractivity contribution in [2.24, 2.45) is 9.81 Å². The number of anilines is 1. The van der Waals surface area contributed by atoms with Crippen LogP contribution in [0.5, 0.6) is 0 Å². The van der Waals surface area contributed by atoms with Crippen LogP contribution < -0.4 is 10.6 Å². The fourth-order valence-electron chi connectivity index (χ4n) is 3.62. The van der Waals surface area contributed by atoms with E-state index in [0.717, 1.165) is 12.8 Å². The summed E-state index contributed by atoms with van der Waals surface area (Å²) in [6.45, 7) is 5.89. The summed E-state index contributed by atoms with van der Waals surface area (Å²) in [4.78, 5) is 12.7. The molecule has 0 spiro atoms. The number of rotatable bonds is 8. The van der Waals surface area contributed by atoms with Crippen LogP contribution in [-0.4, -0.2) is 26.2 Å². The van der Waals surface area contributed by atoms with E-state index >= 15 is 0 Å². The molecule has 0 bridgehead atoms. The standard InChI is InChI=1S/C23H29N3O3S/c1-17(13-14-18-9-5-4-6-10-18)24-22(27)16-23(2,3)15-21-25-19-11-7-8-12-20(19)30(28,29)26-21/h4-12,17H,13-16H2,1-3H3,(H,24,27)(H,25,26)/t17-/m1/s1. The molecule has 3 rings (SSSR count). The van der Waals surface area contributed by atoms with Crippen molar-refractivity contribution in [1.82, 2.24) is 5.32 Å². The molecule has 2 aromatic rings. The largest absolute Gasteiger partial charge is 0.354 e. The number of hydrogen-bond donors (Lipinski definition) is 2. The Balaban J connectivity index is 1.54. The number of carbonyl (C=O) groups is 1. The zero-order valence-electron chi connectivity index (χ0n) is 17.7. The Morgan fingerprint density at radius 3 is 2.50 bits per heavy atom. The normalized spacial score (nSPS) is 16.0. The van der Waals surface area contributed by atoms with Crippen LogP contribution in [-0.2, 0) is 21.2 Å². The van der Waals surface area contributed by atoms with Gasteiger partial charge in [-0.1, -0.05) is 56.3 Å². The Hall–Kier alpha value is -2.67. The fourth-order valence-corrected chi connectivity index (χ4v) is 4.77. The lowest BCUT2D eigenvalue weighted by Crippen LogP contribution is -2.37. The van der Waals surface area contributed by atoms with Gasteiger partial charge in [-0.05, 0) is 42.9 Å². The zero-order valence-corrected chi connectivity index (χ0v) is 18.5. The van der Waals surface area contributed by atoms with E-state index in [1.807, 2.05) is 39.0 Å². The first-order valence-electron chi connectivity index (χ1n) is 10.2. The van der Waals surface area contributed by atoms with Gasteiger partial charge < -0.3 is 10.6 Å². The number of benzene rings is 2. The number of nitrogens with zero attached hydrogens (tertiary/aromatic N) is 1. The van der Waals surface area contributed by atoms with Crippen molar-refractivity contribution in [1.29, 1.82) is 0 Å². The lowest BCUT2D eigenvalue weighted by molar-refractivity contribution is -0.123. The number of carbonyl (C=O) groups excluding carboxylic acids is 1. The Morgan fingerprint density at radius 1 is 1.10 bits per heavy atom. The maximum Gasteiger partial charge on any atom is 0.286 e. The summed E-state index contributed by atoms with van der Waals surface area (Å²) in [5, 5.41) is 6.16. The van der Waals surface area contributed by atoms with Gasteiger partial charge in [0.2, 0.25) is 5.91 Å². The summed E-state index contributed by atoms with van der Waals surface area (Å²) in [5.41, 5.74) is 1.33. The number of sulfonamides is 1. The number of hydrogen-bond acceptors (Lipinski definition) is 4. The Morgan fingerprint density at radius 2 is 1.77 bits per heavy atom. The first-order chi connectivity index (χ1) is 14.1. The van der Waals surface area contributed by atoms with E-state index in [2.05, 4.69) is 27.2 Å². The van der Waals surface area contributed by atoms with Crippen LogP contribution in [0.1, 0.15) is 45.6 Å². The van der Waals surface area contributed by atoms with Crippen LogP contribution in [0.25, 0.3) is 0 Å². The molecule has 0 saturated heterocycles. The molecule has 6 nitrogen and oxygen atoms in total. The minimum absolute atomic E-state index is 0.0415. The van der Waals surface area contributed by atoms with Gasteiger partial charge in [0.1, 0.15) is 10.7 Å². The predicted octanol–water partition coefficient (Wildman–Crippen LogP) is 4.14. The number of fused-ring (bicyclic) bond motifs is 1. The van der Waals surface area contributed by atoms with Gasteiger partial charge in [-0.2, -0.15) is 8.42 Å². The van der Waals surface area contributed by atoms with Gasteiger partial charge >= 0.3 is 0 Å². The Bertz CT molecular complexity index is 1030. The lowest BCUT2D eigenvalue weighted by atomic mass is 9.84. The number of amides is 1. The molecule has 1 heterocycles. The topological polar surface area (TPSA) is 87.6 Å². The van der Waals surface area contributed by atoms with Gasteiger partial charge in [0.25, 0.3) is 10.0 Å². The SMILES string of the molecule is C[C@H](CCc1ccccc1)NC(=O)CC(C)(C)CC1=NS(=O)(=O)c2ccccc2N1. The third-order valence-electron chi connectivity index (χ3n) is 5.08. The molecule has 0 aromatic heterocycles. The van der Waals surface area contributed by atoms with Crippen molar-refractivity contribution in [2.45, 2.75) is 57.4 Å². The maximum absolute atomic E-state index is 12.6. The second-order valence-corrected chi connectivity index (χ2v) is 10.2. The molecule has 1 aliphatic rings. The number of para-hydroxylation sites is 1. The molecule has 1 aliphatic heterocycles. The van der Waals surface area contributed by atoms with Gasteiger partial charge in [-0.25, -0.2) is 0 Å². The van der Waals surface area contributed by atoms with E-state index in [9.17, 15) is 13.2 Å². The van der Waals surface area contributed by atoms with E-state index in [1.54, 1.807) is 18.2 Å². The van der Waals surface area contributed by atoms with Gasteiger partial charge in [-0.15, -0.1) is 4.40 Å². The second-order valence-electron chi connectivity index (χ2n) is 8.64. The van der Waals surface area contributed by atoms with Gasteiger partial charge in [0.15, 0.2) is 0 Å². The molecule has 160 valence electrons. The van der Waals surface area contributed by atoms with Crippen LogP contribution >= 0.6 is 0 Å². The third kappa shape index (κ3) is 5.92. The molecular formula is C23H29N3O3S. The lowest BCUT2D eigenvalue weighted by Gasteiger charge is -2.27. The molecule has 30 heavy (non-hydrogen) atoms. The number of nitrogens with one attached hydrogen (secondary N) is 2. The molecule has 1 amide bonds. The molecule has 0 fully saturated rings. The van der Waals surface area contributed by atoms with E-state index < -0.39 is 15.4 Å². The number of aryl methyl sites for hydroxylation is 1. The highest BCUT2D eigenvalue weighted by Crippen LogP contribution is 2.32. The van der Waals surface area contributed by atoms with Crippen molar-refractivity contribution in [3.8, 4) is 0 Å². The Kier molecular flexibility index (Phi) is 6.61. The van der Waals surface area contributed by atoms with Crippen molar-refractivity contribution < 1.29 is 13.2 Å². The van der Waals surface area contributed by atoms with Crippen LogP contribution in [0, 0.1) is 5.41 Å². The number of amidine groups is 1. The van der Waals surface area contributed by atoms with Crippen LogP contribution in [0.2, 0.25) is 0 Å². The summed E-state index contributed by atoms with van der Waals surface area (Å²) in [6, 6.07) is 17.0. The Labute approximate surface area is 178 Å². The minimum atomic E-state index is -3.72. The van der Waals surface area contributed by atoms with Crippen molar-refractivity contribution in [3.63, 3.8) is 0 Å². The molecule has 2 N–H and O–H groups in total. The zero-order chi connectivity index (χ0) is 21.8. The summed E-state index contributed by atoms with van der Waals surface area (Å²) >= 11 is 0. The first-order valence-corrected chi connectivity index (χ1v) is 11.6. The van der Waals surface area contributed by atoms with E-state index in [1.165, 1.54) is 11.6 Å². The van der Waals surface area contributed by atoms with Gasteiger partial charge in [0, 0.05) is 18.9 Å². The average molecular weight is 428 g/mol. The van der Waals surface area contributed by atoms with Crippen LogP contribution in [0.3, 0.4) is 0 Å². The van der Waals surface area contributed by atoms with Crippen LogP contribution in [0.4, 0.5) is 5.69 Å². The molecule has 0 saturated carbocycles. The van der Waals surface area contributed by atoms with Crippen molar-refractivity contribution in [3.05, 3.63) is 60.2 Å². The molecule has 1 atom stereocenters. The molecule has 0 radical (unpaired) electrons. The highest BCUT2D eigenvalue weighted by atomic mass is 32.2. The van der Waals surface area contributed by atoms with E-state index in [4.69, 9.17) is 0 Å². The molecular weight excluding hydrogens is 398 g/mol. The summed E-state index contributed by atoms with van der Waals surface area (Å²) in [7, 11) is -3.72. The smallest absolute Gasteiger partial charge is 0.286 e. The average Bonchev–Trinajstić information content (AvgIpc) is 2.65. The molecule has 0 unspecified atom stereocenters.